The predicted octanol–water partition coefficient (Wildman–Crippen LogP) is 0.726. The van der Waals surface area contributed by atoms with Gasteiger partial charge in [0, 0.05) is 19.6 Å². The first kappa shape index (κ1) is 17.2. The minimum atomic E-state index is -0.112. The second-order valence-corrected chi connectivity index (χ2v) is 6.02. The number of fused-ring (bicyclic) bond motifs is 5. The zero-order chi connectivity index (χ0) is 15.0. The molecule has 3 N–H and O–H groups in total. The summed E-state index contributed by atoms with van der Waals surface area (Å²) in [6.45, 7) is 3.53. The van der Waals surface area contributed by atoms with Gasteiger partial charge in [-0.25, -0.2) is 0 Å². The molecule has 2 bridgehead atoms. The Bertz CT molecular complexity index is 490. The van der Waals surface area contributed by atoms with Gasteiger partial charge in [0.15, 0.2) is 5.96 Å². The number of halogens is 1. The molecule has 1 aliphatic heterocycles. The minimum Gasteiger partial charge on any atom is -0.370 e. The Morgan fingerprint density at radius 3 is 2.45 bits per heavy atom. The molecule has 0 spiro atoms. The van der Waals surface area contributed by atoms with Crippen molar-refractivity contribution in [2.75, 3.05) is 19.6 Å². The van der Waals surface area contributed by atoms with Gasteiger partial charge in [-0.05, 0) is 24.7 Å². The largest absolute Gasteiger partial charge is 0.370 e. The Hall–Kier alpha value is -1.12. The number of amides is 2. The Kier molecular flexibility index (Phi) is 5.46. The highest BCUT2D eigenvalue weighted by Gasteiger charge is 2.58. The fraction of sp³-hybridized carbons (Fsp3) is 0.667. The maximum atomic E-state index is 12.4. The van der Waals surface area contributed by atoms with Crippen LogP contribution in [0.3, 0.4) is 0 Å². The first-order valence-corrected chi connectivity index (χ1v) is 7.70. The zero-order valence-electron chi connectivity index (χ0n) is 12.7. The van der Waals surface area contributed by atoms with Crippen molar-refractivity contribution in [2.24, 2.45) is 34.4 Å². The maximum Gasteiger partial charge on any atom is 0.233 e. The number of nitrogens with one attached hydrogen (secondary N) is 1. The van der Waals surface area contributed by atoms with E-state index in [9.17, 15) is 9.59 Å². The molecule has 3 aliphatic rings. The highest BCUT2D eigenvalue weighted by molar-refractivity contribution is 14.0. The van der Waals surface area contributed by atoms with E-state index in [1.807, 2.05) is 6.92 Å². The molecule has 22 heavy (non-hydrogen) atoms. The van der Waals surface area contributed by atoms with Crippen LogP contribution in [0.15, 0.2) is 17.1 Å². The van der Waals surface area contributed by atoms with Crippen molar-refractivity contribution in [3.63, 3.8) is 0 Å². The van der Waals surface area contributed by atoms with Gasteiger partial charge in [-0.1, -0.05) is 19.1 Å². The summed E-state index contributed by atoms with van der Waals surface area (Å²) in [4.78, 5) is 30.4. The van der Waals surface area contributed by atoms with Crippen LogP contribution in [-0.4, -0.2) is 42.3 Å². The lowest BCUT2D eigenvalue weighted by Gasteiger charge is -2.17. The van der Waals surface area contributed by atoms with Crippen LogP contribution in [0, 0.1) is 23.7 Å². The Labute approximate surface area is 147 Å². The normalized spacial score (nSPS) is 32.4. The first-order chi connectivity index (χ1) is 10.1. The molecule has 1 saturated carbocycles. The molecule has 4 atom stereocenters. The average molecular weight is 418 g/mol. The standard InChI is InChI=1S/C15H22N4O2.HI/c1-2-5-17-15(16)18-6-7-19-13(20)11-9-3-4-10(8-9)12(11)14(19)21;/h3-4,9-12H,2,5-8H2,1H3,(H3,16,17,18);1H. The lowest BCUT2D eigenvalue weighted by atomic mass is 9.85. The summed E-state index contributed by atoms with van der Waals surface area (Å²) in [5.74, 6) is 0.673. The monoisotopic (exact) mass is 418 g/mol. The second kappa shape index (κ2) is 6.97. The van der Waals surface area contributed by atoms with Crippen LogP contribution in [0.1, 0.15) is 19.8 Å². The number of aliphatic imine (C=N–C) groups is 1. The first-order valence-electron chi connectivity index (χ1n) is 7.70. The molecular weight excluding hydrogens is 395 g/mol. The van der Waals surface area contributed by atoms with E-state index in [1.54, 1.807) is 0 Å². The van der Waals surface area contributed by atoms with Crippen LogP contribution in [0.2, 0.25) is 0 Å². The van der Waals surface area contributed by atoms with E-state index < -0.39 is 0 Å². The fourth-order valence-electron chi connectivity index (χ4n) is 3.77. The van der Waals surface area contributed by atoms with Gasteiger partial charge in [-0.2, -0.15) is 0 Å². The van der Waals surface area contributed by atoms with E-state index in [-0.39, 0.29) is 59.5 Å². The molecule has 1 heterocycles. The fourth-order valence-corrected chi connectivity index (χ4v) is 3.77. The molecule has 0 aromatic heterocycles. The molecule has 6 nitrogen and oxygen atoms in total. The molecule has 0 aromatic carbocycles. The topological polar surface area (TPSA) is 87.8 Å². The minimum absolute atomic E-state index is 0. The van der Waals surface area contributed by atoms with Gasteiger partial charge in [-0.3, -0.25) is 19.5 Å². The number of guanidine groups is 1. The number of likely N-dealkylation sites (tertiary alicyclic amines) is 1. The lowest BCUT2D eigenvalue weighted by molar-refractivity contribution is -0.140. The third-order valence-corrected chi connectivity index (χ3v) is 4.71. The molecular formula is C15H23IN4O2. The van der Waals surface area contributed by atoms with E-state index in [2.05, 4.69) is 22.5 Å². The van der Waals surface area contributed by atoms with Gasteiger partial charge in [0.2, 0.25) is 11.8 Å². The van der Waals surface area contributed by atoms with Gasteiger partial charge in [0.05, 0.1) is 11.8 Å². The molecule has 2 aliphatic carbocycles. The van der Waals surface area contributed by atoms with Crippen LogP contribution in [0.4, 0.5) is 0 Å². The van der Waals surface area contributed by atoms with Gasteiger partial charge >= 0.3 is 0 Å². The smallest absolute Gasteiger partial charge is 0.233 e. The summed E-state index contributed by atoms with van der Waals surface area (Å²) in [5, 5.41) is 2.96. The van der Waals surface area contributed by atoms with E-state index in [4.69, 9.17) is 5.73 Å². The van der Waals surface area contributed by atoms with Crippen molar-refractivity contribution in [2.45, 2.75) is 19.8 Å². The summed E-state index contributed by atoms with van der Waals surface area (Å²) in [7, 11) is 0. The van der Waals surface area contributed by atoms with Crippen molar-refractivity contribution in [3.8, 4) is 0 Å². The lowest BCUT2D eigenvalue weighted by Crippen LogP contribution is -2.41. The molecule has 1 saturated heterocycles. The van der Waals surface area contributed by atoms with Crippen molar-refractivity contribution < 1.29 is 9.59 Å². The Morgan fingerprint density at radius 1 is 1.32 bits per heavy atom. The number of imide groups is 1. The molecule has 2 fully saturated rings. The number of rotatable bonds is 5. The third-order valence-electron chi connectivity index (χ3n) is 4.71. The number of nitrogens with two attached hydrogens (primary N) is 1. The number of hydrogen-bond acceptors (Lipinski definition) is 3. The SMILES string of the molecule is CCCN=C(N)NCCN1C(=O)C2C3C=CC(C3)C2C1=O.I. The van der Waals surface area contributed by atoms with Gasteiger partial charge in [0.25, 0.3) is 0 Å². The molecule has 0 radical (unpaired) electrons. The highest BCUT2D eigenvalue weighted by Crippen LogP contribution is 2.52. The van der Waals surface area contributed by atoms with Crippen LogP contribution in [-0.2, 0) is 9.59 Å². The summed E-state index contributed by atoms with van der Waals surface area (Å²) < 4.78 is 0. The molecule has 4 unspecified atom stereocenters. The summed E-state index contributed by atoms with van der Waals surface area (Å²) in [5.41, 5.74) is 5.70. The Balaban J connectivity index is 0.00000176. The second-order valence-electron chi connectivity index (χ2n) is 6.02. The maximum absolute atomic E-state index is 12.4. The van der Waals surface area contributed by atoms with E-state index >= 15 is 0 Å². The molecule has 2 amide bonds. The quantitative estimate of drug-likeness (QED) is 0.227. The number of hydrogen-bond donors (Lipinski definition) is 2. The van der Waals surface area contributed by atoms with E-state index in [1.165, 1.54) is 4.90 Å². The highest BCUT2D eigenvalue weighted by atomic mass is 127. The molecule has 122 valence electrons. The third kappa shape index (κ3) is 2.87. The van der Waals surface area contributed by atoms with E-state index in [0.717, 1.165) is 12.8 Å². The predicted molar refractivity (Wildman–Crippen MR) is 94.6 cm³/mol. The van der Waals surface area contributed by atoms with Crippen molar-refractivity contribution in [1.82, 2.24) is 10.2 Å². The molecule has 3 rings (SSSR count). The molecule has 7 heteroatoms. The van der Waals surface area contributed by atoms with Crippen LogP contribution in [0.5, 0.6) is 0 Å². The number of nitrogens with zero attached hydrogens (tertiary/aromatic N) is 2. The van der Waals surface area contributed by atoms with Gasteiger partial charge < -0.3 is 11.1 Å². The number of carbonyl (C=O) groups is 2. The Morgan fingerprint density at radius 2 is 1.91 bits per heavy atom. The number of allylic oxidation sites excluding steroid dienone is 2. The van der Waals surface area contributed by atoms with Crippen molar-refractivity contribution in [1.29, 1.82) is 0 Å². The molecule has 0 aromatic rings. The summed E-state index contributed by atoms with van der Waals surface area (Å²) in [6.07, 6.45) is 6.11. The van der Waals surface area contributed by atoms with Crippen molar-refractivity contribution >= 4 is 41.8 Å². The van der Waals surface area contributed by atoms with Crippen LogP contribution >= 0.6 is 24.0 Å². The van der Waals surface area contributed by atoms with Gasteiger partial charge in [0.1, 0.15) is 0 Å². The van der Waals surface area contributed by atoms with Crippen LogP contribution < -0.4 is 11.1 Å². The van der Waals surface area contributed by atoms with Gasteiger partial charge in [-0.15, -0.1) is 24.0 Å². The van der Waals surface area contributed by atoms with E-state index in [0.29, 0.717) is 25.6 Å². The van der Waals surface area contributed by atoms with Crippen molar-refractivity contribution in [3.05, 3.63) is 12.2 Å². The average Bonchev–Trinajstić information content (AvgIpc) is 3.14. The van der Waals surface area contributed by atoms with Crippen LogP contribution in [0.25, 0.3) is 0 Å². The zero-order valence-corrected chi connectivity index (χ0v) is 15.0. The number of carbonyl (C=O) groups excluding carboxylic acids is 2. The summed E-state index contributed by atoms with van der Waals surface area (Å²) >= 11 is 0. The summed E-state index contributed by atoms with van der Waals surface area (Å²) in [6, 6.07) is 0.